The van der Waals surface area contributed by atoms with Crippen LogP contribution in [-0.2, 0) is 19.9 Å². The molecule has 0 N–H and O–H groups in total. The molecule has 0 aliphatic heterocycles. The van der Waals surface area contributed by atoms with E-state index in [1.807, 2.05) is 19.2 Å². The summed E-state index contributed by atoms with van der Waals surface area (Å²) in [6.45, 7) is 0. The molecule has 0 saturated heterocycles. The molecule has 12 heavy (non-hydrogen) atoms. The van der Waals surface area contributed by atoms with Gasteiger partial charge in [0.2, 0.25) is 0 Å². The second-order valence-corrected chi connectivity index (χ2v) is 2.39. The quantitative estimate of drug-likeness (QED) is 0.634. The molecular weight excluding hydrogens is 152 g/mol. The first-order chi connectivity index (χ1) is 5.79. The second-order valence-electron chi connectivity index (χ2n) is 2.39. The highest BCUT2D eigenvalue weighted by Gasteiger charge is 2.04. The highest BCUT2D eigenvalue weighted by Crippen LogP contribution is 2.03. The van der Waals surface area contributed by atoms with E-state index in [-0.39, 0.29) is 0 Å². The van der Waals surface area contributed by atoms with Crippen LogP contribution in [0, 0.1) is 22.7 Å². The van der Waals surface area contributed by atoms with Gasteiger partial charge in [0.05, 0.1) is 30.7 Å². The van der Waals surface area contributed by atoms with Crippen molar-refractivity contribution >= 4 is 0 Å². The highest BCUT2D eigenvalue weighted by molar-refractivity contribution is 5.11. The largest absolute Gasteiger partial charge is 0.333 e. The van der Waals surface area contributed by atoms with E-state index < -0.39 is 0 Å². The first kappa shape index (κ1) is 8.29. The van der Waals surface area contributed by atoms with Gasteiger partial charge in [-0.25, -0.2) is 4.98 Å². The molecule has 4 heteroatoms. The van der Waals surface area contributed by atoms with Crippen LogP contribution in [-0.4, -0.2) is 9.55 Å². The lowest BCUT2D eigenvalue weighted by Gasteiger charge is -1.98. The van der Waals surface area contributed by atoms with Crippen molar-refractivity contribution in [2.45, 2.75) is 12.8 Å². The summed E-state index contributed by atoms with van der Waals surface area (Å²) in [7, 11) is 1.81. The van der Waals surface area contributed by atoms with E-state index in [2.05, 4.69) is 4.98 Å². The van der Waals surface area contributed by atoms with Crippen molar-refractivity contribution in [3.05, 3.63) is 17.7 Å². The summed E-state index contributed by atoms with van der Waals surface area (Å²) >= 11 is 0. The standard InChI is InChI=1S/C8H8N4/c1-12-7(2-4-9)6-11-8(12)3-5-10/h6H,2-3H2,1H3. The lowest BCUT2D eigenvalue weighted by molar-refractivity contribution is 0.794. The fourth-order valence-corrected chi connectivity index (χ4v) is 0.968. The van der Waals surface area contributed by atoms with Crippen LogP contribution in [0.4, 0.5) is 0 Å². The maximum atomic E-state index is 8.43. The molecule has 4 nitrogen and oxygen atoms in total. The number of aromatic nitrogens is 2. The average molecular weight is 160 g/mol. The summed E-state index contributed by atoms with van der Waals surface area (Å²) in [5.41, 5.74) is 0.850. The summed E-state index contributed by atoms with van der Waals surface area (Å²) in [4.78, 5) is 4.01. The lowest BCUT2D eigenvalue weighted by atomic mass is 10.3. The van der Waals surface area contributed by atoms with Crippen molar-refractivity contribution in [2.24, 2.45) is 7.05 Å². The Bertz CT molecular complexity index is 317. The third kappa shape index (κ3) is 1.43. The van der Waals surface area contributed by atoms with E-state index in [1.165, 1.54) is 0 Å². The van der Waals surface area contributed by atoms with Gasteiger partial charge in [-0.2, -0.15) is 10.5 Å². The van der Waals surface area contributed by atoms with E-state index in [9.17, 15) is 0 Å². The van der Waals surface area contributed by atoms with Crippen molar-refractivity contribution in [1.29, 1.82) is 10.5 Å². The van der Waals surface area contributed by atoms with Gasteiger partial charge in [0.15, 0.2) is 0 Å². The minimum absolute atomic E-state index is 0.294. The Morgan fingerprint density at radius 2 is 2.08 bits per heavy atom. The third-order valence-electron chi connectivity index (χ3n) is 1.68. The number of hydrogen-bond donors (Lipinski definition) is 0. The number of nitrogens with zero attached hydrogens (tertiary/aromatic N) is 4. The second kappa shape index (κ2) is 3.54. The van der Waals surface area contributed by atoms with E-state index >= 15 is 0 Å². The Labute approximate surface area is 70.7 Å². The Hall–Kier alpha value is -1.81. The van der Waals surface area contributed by atoms with Crippen molar-refractivity contribution in [2.75, 3.05) is 0 Å². The minimum Gasteiger partial charge on any atom is -0.333 e. The molecule has 0 aliphatic carbocycles. The molecule has 0 fully saturated rings. The first-order valence-electron chi connectivity index (χ1n) is 3.53. The summed E-state index contributed by atoms with van der Waals surface area (Å²) in [5, 5.41) is 16.8. The third-order valence-corrected chi connectivity index (χ3v) is 1.68. The number of nitriles is 2. The van der Waals surface area contributed by atoms with E-state index in [0.717, 1.165) is 5.69 Å². The molecule has 0 atom stereocenters. The summed E-state index contributed by atoms with van der Waals surface area (Å²) < 4.78 is 1.78. The van der Waals surface area contributed by atoms with Gasteiger partial charge in [0.25, 0.3) is 0 Å². The normalized spacial score (nSPS) is 8.92. The van der Waals surface area contributed by atoms with Crippen LogP contribution in [0.1, 0.15) is 11.5 Å². The monoisotopic (exact) mass is 160 g/mol. The van der Waals surface area contributed by atoms with Crippen LogP contribution in [0.15, 0.2) is 6.20 Å². The van der Waals surface area contributed by atoms with Crippen LogP contribution >= 0.6 is 0 Å². The van der Waals surface area contributed by atoms with E-state index in [0.29, 0.717) is 18.7 Å². The Morgan fingerprint density at radius 3 is 2.67 bits per heavy atom. The smallest absolute Gasteiger partial charge is 0.122 e. The van der Waals surface area contributed by atoms with Crippen LogP contribution in [0.3, 0.4) is 0 Å². The molecule has 0 unspecified atom stereocenters. The summed E-state index contributed by atoms with van der Waals surface area (Å²) in [6, 6.07) is 4.05. The number of hydrogen-bond acceptors (Lipinski definition) is 3. The van der Waals surface area contributed by atoms with Crippen LogP contribution in [0.5, 0.6) is 0 Å². The molecule has 0 aromatic carbocycles. The van der Waals surface area contributed by atoms with Crippen molar-refractivity contribution < 1.29 is 0 Å². The van der Waals surface area contributed by atoms with Gasteiger partial charge < -0.3 is 4.57 Å². The van der Waals surface area contributed by atoms with Gasteiger partial charge in [-0.3, -0.25) is 0 Å². The van der Waals surface area contributed by atoms with Crippen molar-refractivity contribution in [3.63, 3.8) is 0 Å². The Morgan fingerprint density at radius 1 is 1.42 bits per heavy atom. The molecule has 1 aromatic heterocycles. The molecule has 0 aliphatic rings. The molecule has 60 valence electrons. The zero-order valence-corrected chi connectivity index (χ0v) is 6.78. The number of rotatable bonds is 2. The van der Waals surface area contributed by atoms with Crippen molar-refractivity contribution in [3.8, 4) is 12.1 Å². The molecule has 0 saturated carbocycles. The molecular formula is C8H8N4. The van der Waals surface area contributed by atoms with Crippen LogP contribution < -0.4 is 0 Å². The number of imidazole rings is 1. The van der Waals surface area contributed by atoms with Gasteiger partial charge in [-0.05, 0) is 0 Å². The molecule has 0 spiro atoms. The summed E-state index contributed by atoms with van der Waals surface area (Å²) in [5.74, 6) is 0.711. The SMILES string of the molecule is Cn1c(CC#N)cnc1CC#N. The van der Waals surface area contributed by atoms with Gasteiger partial charge in [0, 0.05) is 13.2 Å². The summed E-state index contributed by atoms with van der Waals surface area (Å²) in [6.07, 6.45) is 2.27. The molecule has 0 radical (unpaired) electrons. The van der Waals surface area contributed by atoms with Crippen LogP contribution in [0.25, 0.3) is 0 Å². The van der Waals surface area contributed by atoms with Crippen LogP contribution in [0.2, 0.25) is 0 Å². The predicted molar refractivity (Wildman–Crippen MR) is 41.8 cm³/mol. The minimum atomic E-state index is 0.294. The average Bonchev–Trinajstić information content (AvgIpc) is 2.38. The topological polar surface area (TPSA) is 65.4 Å². The highest BCUT2D eigenvalue weighted by atomic mass is 15.1. The zero-order valence-electron chi connectivity index (χ0n) is 6.78. The maximum absolute atomic E-state index is 8.43. The molecule has 1 heterocycles. The van der Waals surface area contributed by atoms with Gasteiger partial charge in [0.1, 0.15) is 5.82 Å². The molecule has 1 rings (SSSR count). The lowest BCUT2D eigenvalue weighted by Crippen LogP contribution is -2.00. The zero-order chi connectivity index (χ0) is 8.97. The molecule has 0 bridgehead atoms. The predicted octanol–water partition coefficient (Wildman–Crippen LogP) is 0.552. The van der Waals surface area contributed by atoms with E-state index in [1.54, 1.807) is 10.8 Å². The van der Waals surface area contributed by atoms with Gasteiger partial charge in [-0.15, -0.1) is 0 Å². The van der Waals surface area contributed by atoms with Gasteiger partial charge >= 0.3 is 0 Å². The maximum Gasteiger partial charge on any atom is 0.122 e. The fraction of sp³-hybridized carbons (Fsp3) is 0.375. The van der Waals surface area contributed by atoms with Crippen molar-refractivity contribution in [1.82, 2.24) is 9.55 Å². The Kier molecular flexibility index (Phi) is 2.45. The Balaban J connectivity index is 2.92. The molecule has 1 aromatic rings. The first-order valence-corrected chi connectivity index (χ1v) is 3.53. The van der Waals surface area contributed by atoms with Gasteiger partial charge in [-0.1, -0.05) is 0 Å². The fourth-order valence-electron chi connectivity index (χ4n) is 0.968. The molecule has 0 amide bonds. The van der Waals surface area contributed by atoms with E-state index in [4.69, 9.17) is 10.5 Å².